The van der Waals surface area contributed by atoms with Crippen molar-refractivity contribution in [3.05, 3.63) is 109 Å². The Morgan fingerprint density at radius 2 is 1.60 bits per heavy atom. The number of ether oxygens (including phenoxy) is 2. The molecule has 0 saturated carbocycles. The van der Waals surface area contributed by atoms with Crippen LogP contribution in [-0.2, 0) is 17.7 Å². The number of aromatic nitrogens is 4. The predicted molar refractivity (Wildman–Crippen MR) is 167 cm³/mol. The van der Waals surface area contributed by atoms with Crippen molar-refractivity contribution in [3.8, 4) is 11.8 Å². The molecule has 0 spiro atoms. The molecule has 1 N–H and O–H groups in total. The van der Waals surface area contributed by atoms with Gasteiger partial charge in [-0.2, -0.15) is 9.97 Å². The Labute approximate surface area is 244 Å². The number of benzene rings is 4. The second-order valence-electron chi connectivity index (χ2n) is 10.4. The maximum Gasteiger partial charge on any atom is 0.326 e. The van der Waals surface area contributed by atoms with Crippen LogP contribution in [0.15, 0.2) is 103 Å². The highest BCUT2D eigenvalue weighted by Gasteiger charge is 2.17. The van der Waals surface area contributed by atoms with Crippen molar-refractivity contribution in [1.82, 2.24) is 19.5 Å². The number of hydrogen-bond donors (Lipinski definition) is 1. The standard InChI is InChI=1S/C34H32N6O2/c1-2-8-25(9-3-1)10-7-19-40-24-35-31-32(36-27-15-17-28(18-16-27)39-20-22-41-23-21-39)37-34(38-33(31)40)42-30-14-6-12-26-11-4-5-13-29(26)30/h1-6,8-9,11-18,24H,7,10,19-23H2,(H,36,37,38). The van der Waals surface area contributed by atoms with Crippen LogP contribution < -0.4 is 15.0 Å². The molecule has 4 aromatic carbocycles. The lowest BCUT2D eigenvalue weighted by Crippen LogP contribution is -2.36. The fraction of sp³-hybridized carbons (Fsp3) is 0.206. The van der Waals surface area contributed by atoms with Gasteiger partial charge in [-0.05, 0) is 54.1 Å². The van der Waals surface area contributed by atoms with E-state index in [1.165, 1.54) is 11.3 Å². The third-order valence-corrected chi connectivity index (χ3v) is 7.61. The zero-order valence-corrected chi connectivity index (χ0v) is 23.3. The van der Waals surface area contributed by atoms with Gasteiger partial charge in [0.15, 0.2) is 17.0 Å². The monoisotopic (exact) mass is 556 g/mol. The maximum absolute atomic E-state index is 6.35. The molecule has 0 atom stereocenters. The lowest BCUT2D eigenvalue weighted by Gasteiger charge is -2.28. The summed E-state index contributed by atoms with van der Waals surface area (Å²) < 4.78 is 13.9. The third kappa shape index (κ3) is 5.62. The molecule has 8 heteroatoms. The minimum atomic E-state index is 0.274. The van der Waals surface area contributed by atoms with Gasteiger partial charge in [-0.1, -0.05) is 66.7 Å². The average molecular weight is 557 g/mol. The van der Waals surface area contributed by atoms with Gasteiger partial charge in [0, 0.05) is 36.4 Å². The number of fused-ring (bicyclic) bond motifs is 2. The van der Waals surface area contributed by atoms with Gasteiger partial charge in [-0.25, -0.2) is 4.98 Å². The lowest BCUT2D eigenvalue weighted by molar-refractivity contribution is 0.122. The minimum absolute atomic E-state index is 0.274. The highest BCUT2D eigenvalue weighted by Crippen LogP contribution is 2.32. The maximum atomic E-state index is 6.35. The number of anilines is 3. The SMILES string of the molecule is c1ccc(CCCn2cnc3c(Nc4ccc(N5CCOCC5)cc4)nc(Oc4cccc5ccccc45)nc32)cc1. The molecule has 2 aromatic heterocycles. The van der Waals surface area contributed by atoms with Gasteiger partial charge in [0.2, 0.25) is 0 Å². The smallest absolute Gasteiger partial charge is 0.326 e. The van der Waals surface area contributed by atoms with Crippen LogP contribution in [0.4, 0.5) is 17.2 Å². The van der Waals surface area contributed by atoms with E-state index in [4.69, 9.17) is 24.4 Å². The highest BCUT2D eigenvalue weighted by atomic mass is 16.5. The molecule has 1 fully saturated rings. The lowest BCUT2D eigenvalue weighted by atomic mass is 10.1. The molecule has 3 heterocycles. The number of rotatable bonds is 9. The van der Waals surface area contributed by atoms with Gasteiger partial charge >= 0.3 is 6.01 Å². The summed E-state index contributed by atoms with van der Waals surface area (Å²) in [6.45, 7) is 4.09. The molecule has 8 nitrogen and oxygen atoms in total. The van der Waals surface area contributed by atoms with E-state index in [0.29, 0.717) is 17.1 Å². The fourth-order valence-electron chi connectivity index (χ4n) is 5.42. The Balaban J connectivity index is 1.20. The largest absolute Gasteiger partial charge is 0.424 e. The Morgan fingerprint density at radius 1 is 0.810 bits per heavy atom. The second-order valence-corrected chi connectivity index (χ2v) is 10.4. The molecule has 1 aliphatic rings. The summed E-state index contributed by atoms with van der Waals surface area (Å²) >= 11 is 0. The summed E-state index contributed by atoms with van der Waals surface area (Å²) in [6, 6.07) is 33.4. The Kier molecular flexibility index (Phi) is 7.35. The van der Waals surface area contributed by atoms with Crippen molar-refractivity contribution in [3.63, 3.8) is 0 Å². The fourth-order valence-corrected chi connectivity index (χ4v) is 5.42. The second kappa shape index (κ2) is 11.9. The summed E-state index contributed by atoms with van der Waals surface area (Å²) in [4.78, 5) is 16.7. The Bertz CT molecular complexity index is 1790. The third-order valence-electron chi connectivity index (χ3n) is 7.61. The summed E-state index contributed by atoms with van der Waals surface area (Å²) in [5.41, 5.74) is 4.86. The van der Waals surface area contributed by atoms with Crippen LogP contribution in [-0.4, -0.2) is 45.8 Å². The van der Waals surface area contributed by atoms with E-state index in [1.54, 1.807) is 0 Å². The van der Waals surface area contributed by atoms with Crippen LogP contribution in [0.5, 0.6) is 11.8 Å². The minimum Gasteiger partial charge on any atom is -0.424 e. The first-order valence-corrected chi connectivity index (χ1v) is 14.4. The molecule has 0 bridgehead atoms. The number of nitrogens with zero attached hydrogens (tertiary/aromatic N) is 5. The Hall–Kier alpha value is -4.95. The van der Waals surface area contributed by atoms with E-state index in [2.05, 4.69) is 75.4 Å². The molecular weight excluding hydrogens is 524 g/mol. The van der Waals surface area contributed by atoms with E-state index < -0.39 is 0 Å². The van der Waals surface area contributed by atoms with Gasteiger partial charge in [0.05, 0.1) is 19.5 Å². The molecule has 0 amide bonds. The van der Waals surface area contributed by atoms with Crippen molar-refractivity contribution in [2.45, 2.75) is 19.4 Å². The van der Waals surface area contributed by atoms with Crippen LogP contribution >= 0.6 is 0 Å². The summed E-state index contributed by atoms with van der Waals surface area (Å²) in [5.74, 6) is 1.32. The van der Waals surface area contributed by atoms with Crippen LogP contribution in [0.2, 0.25) is 0 Å². The van der Waals surface area contributed by atoms with E-state index in [-0.39, 0.29) is 6.01 Å². The van der Waals surface area contributed by atoms with Gasteiger partial charge in [-0.3, -0.25) is 0 Å². The van der Waals surface area contributed by atoms with Crippen LogP contribution in [0.25, 0.3) is 21.9 Å². The molecule has 7 rings (SSSR count). The van der Waals surface area contributed by atoms with Gasteiger partial charge in [0.25, 0.3) is 0 Å². The zero-order valence-electron chi connectivity index (χ0n) is 23.3. The van der Waals surface area contributed by atoms with Gasteiger partial charge in [-0.15, -0.1) is 0 Å². The van der Waals surface area contributed by atoms with E-state index in [0.717, 1.165) is 67.8 Å². The predicted octanol–water partition coefficient (Wildman–Crippen LogP) is 6.98. The van der Waals surface area contributed by atoms with Crippen molar-refractivity contribution in [2.24, 2.45) is 0 Å². The van der Waals surface area contributed by atoms with Gasteiger partial charge < -0.3 is 24.3 Å². The van der Waals surface area contributed by atoms with E-state index >= 15 is 0 Å². The van der Waals surface area contributed by atoms with E-state index in [9.17, 15) is 0 Å². The molecular formula is C34H32N6O2. The van der Waals surface area contributed by atoms with Crippen LogP contribution in [0, 0.1) is 0 Å². The zero-order chi connectivity index (χ0) is 28.1. The normalized spacial score (nSPS) is 13.5. The summed E-state index contributed by atoms with van der Waals surface area (Å²) in [7, 11) is 0. The molecule has 42 heavy (non-hydrogen) atoms. The molecule has 1 saturated heterocycles. The van der Waals surface area contributed by atoms with Crippen LogP contribution in [0.3, 0.4) is 0 Å². The number of hydrogen-bond acceptors (Lipinski definition) is 7. The topological polar surface area (TPSA) is 77.3 Å². The number of aryl methyl sites for hydroxylation is 2. The van der Waals surface area contributed by atoms with Gasteiger partial charge in [0.1, 0.15) is 5.75 Å². The summed E-state index contributed by atoms with van der Waals surface area (Å²) in [5, 5.41) is 5.59. The summed E-state index contributed by atoms with van der Waals surface area (Å²) in [6.07, 6.45) is 3.79. The molecule has 210 valence electrons. The number of imidazole rings is 1. The molecule has 0 unspecified atom stereocenters. The number of nitrogens with one attached hydrogen (secondary N) is 1. The first-order chi connectivity index (χ1) is 20.8. The number of morpholine rings is 1. The van der Waals surface area contributed by atoms with Crippen LogP contribution in [0.1, 0.15) is 12.0 Å². The molecule has 6 aromatic rings. The quantitative estimate of drug-likeness (QED) is 0.206. The van der Waals surface area contributed by atoms with Crippen molar-refractivity contribution >= 4 is 39.1 Å². The molecule has 0 aliphatic carbocycles. The van der Waals surface area contributed by atoms with Crippen molar-refractivity contribution < 1.29 is 9.47 Å². The molecule has 1 aliphatic heterocycles. The molecule has 0 radical (unpaired) electrons. The highest BCUT2D eigenvalue weighted by molar-refractivity contribution is 5.89. The van der Waals surface area contributed by atoms with Crippen molar-refractivity contribution in [2.75, 3.05) is 36.5 Å². The first kappa shape index (κ1) is 26.0. The van der Waals surface area contributed by atoms with Crippen molar-refractivity contribution in [1.29, 1.82) is 0 Å². The first-order valence-electron chi connectivity index (χ1n) is 14.4. The Morgan fingerprint density at radius 3 is 2.45 bits per heavy atom. The average Bonchev–Trinajstić information content (AvgIpc) is 3.45. The van der Waals surface area contributed by atoms with E-state index in [1.807, 2.05) is 42.7 Å².